The maximum atomic E-state index is 5.14. The lowest BCUT2D eigenvalue weighted by Crippen LogP contribution is -2.22. The first kappa shape index (κ1) is 12.3. The van der Waals surface area contributed by atoms with Crippen molar-refractivity contribution in [2.75, 3.05) is 6.54 Å². The van der Waals surface area contributed by atoms with Gasteiger partial charge in [0.15, 0.2) is 0 Å². The molecule has 1 aromatic rings. The van der Waals surface area contributed by atoms with Gasteiger partial charge in [-0.05, 0) is 37.8 Å². The molecule has 0 radical (unpaired) electrons. The molecule has 0 aliphatic carbocycles. The summed E-state index contributed by atoms with van der Waals surface area (Å²) in [4.78, 5) is 0. The van der Waals surface area contributed by atoms with E-state index < -0.39 is 0 Å². The van der Waals surface area contributed by atoms with Crippen LogP contribution in [0.5, 0.6) is 0 Å². The van der Waals surface area contributed by atoms with Crippen LogP contribution in [0.3, 0.4) is 0 Å². The quantitative estimate of drug-likeness (QED) is 0.739. The summed E-state index contributed by atoms with van der Waals surface area (Å²) in [5.41, 5.74) is 1.28. The van der Waals surface area contributed by atoms with Crippen molar-refractivity contribution >= 4 is 0 Å². The van der Waals surface area contributed by atoms with Gasteiger partial charge in [-0.2, -0.15) is 0 Å². The molecule has 0 aliphatic rings. The molecule has 1 rings (SSSR count). The lowest BCUT2D eigenvalue weighted by molar-refractivity contribution is 0.436. The minimum Gasteiger partial charge on any atom is -0.472 e. The van der Waals surface area contributed by atoms with Crippen molar-refractivity contribution in [2.24, 2.45) is 5.92 Å². The minimum atomic E-state index is 0.464. The highest BCUT2D eigenvalue weighted by atomic mass is 16.3. The van der Waals surface area contributed by atoms with Crippen LogP contribution in [0.1, 0.15) is 51.6 Å². The second kappa shape index (κ2) is 6.67. The van der Waals surface area contributed by atoms with Gasteiger partial charge >= 0.3 is 0 Å². The average Bonchev–Trinajstić information content (AvgIpc) is 2.71. The van der Waals surface area contributed by atoms with Gasteiger partial charge in [0, 0.05) is 11.6 Å². The maximum absolute atomic E-state index is 5.14. The molecule has 0 amide bonds. The van der Waals surface area contributed by atoms with Crippen LogP contribution in [0, 0.1) is 5.92 Å². The molecular formula is C13H23NO. The summed E-state index contributed by atoms with van der Waals surface area (Å²) in [6.07, 6.45) is 7.23. The molecule has 0 aliphatic heterocycles. The van der Waals surface area contributed by atoms with Gasteiger partial charge in [-0.25, -0.2) is 0 Å². The predicted molar refractivity (Wildman–Crippen MR) is 63.8 cm³/mol. The third-order valence-corrected chi connectivity index (χ3v) is 2.62. The molecule has 1 aromatic heterocycles. The Bertz CT molecular complexity index is 241. The van der Waals surface area contributed by atoms with Crippen molar-refractivity contribution in [3.63, 3.8) is 0 Å². The first-order chi connectivity index (χ1) is 7.24. The molecule has 0 spiro atoms. The Balaban J connectivity index is 2.46. The Morgan fingerprint density at radius 3 is 2.67 bits per heavy atom. The summed E-state index contributed by atoms with van der Waals surface area (Å²) in [6.45, 7) is 7.81. The molecule has 2 nitrogen and oxygen atoms in total. The second-order valence-electron chi connectivity index (χ2n) is 4.53. The summed E-state index contributed by atoms with van der Waals surface area (Å²) >= 11 is 0. The number of furan rings is 1. The van der Waals surface area contributed by atoms with Crippen LogP contribution < -0.4 is 5.32 Å². The van der Waals surface area contributed by atoms with Crippen molar-refractivity contribution < 1.29 is 4.42 Å². The van der Waals surface area contributed by atoms with Gasteiger partial charge in [-0.3, -0.25) is 0 Å². The molecule has 0 fully saturated rings. The Labute approximate surface area is 93.1 Å². The van der Waals surface area contributed by atoms with E-state index in [2.05, 4.69) is 32.2 Å². The fraction of sp³-hybridized carbons (Fsp3) is 0.692. The summed E-state index contributed by atoms with van der Waals surface area (Å²) in [5.74, 6) is 0.767. The highest BCUT2D eigenvalue weighted by Gasteiger charge is 2.11. The average molecular weight is 209 g/mol. The Hall–Kier alpha value is -0.760. The smallest absolute Gasteiger partial charge is 0.0950 e. The molecule has 0 saturated heterocycles. The summed E-state index contributed by atoms with van der Waals surface area (Å²) in [7, 11) is 0. The highest BCUT2D eigenvalue weighted by molar-refractivity contribution is 5.11. The highest BCUT2D eigenvalue weighted by Crippen LogP contribution is 2.21. The molecule has 15 heavy (non-hydrogen) atoms. The minimum absolute atomic E-state index is 0.464. The third kappa shape index (κ3) is 4.52. The first-order valence-electron chi connectivity index (χ1n) is 5.99. The van der Waals surface area contributed by atoms with Crippen LogP contribution in [0.4, 0.5) is 0 Å². The van der Waals surface area contributed by atoms with Gasteiger partial charge < -0.3 is 9.73 Å². The van der Waals surface area contributed by atoms with E-state index >= 15 is 0 Å². The molecule has 86 valence electrons. The molecule has 0 bridgehead atoms. The van der Waals surface area contributed by atoms with Crippen LogP contribution in [-0.4, -0.2) is 6.54 Å². The van der Waals surface area contributed by atoms with E-state index in [0.29, 0.717) is 6.04 Å². The number of rotatable bonds is 7. The molecule has 2 heteroatoms. The zero-order valence-corrected chi connectivity index (χ0v) is 10.1. The fourth-order valence-electron chi connectivity index (χ4n) is 1.68. The molecular weight excluding hydrogens is 186 g/mol. The van der Waals surface area contributed by atoms with Gasteiger partial charge in [0.05, 0.1) is 12.5 Å². The molecule has 1 N–H and O–H groups in total. The van der Waals surface area contributed by atoms with E-state index in [1.54, 1.807) is 6.26 Å². The van der Waals surface area contributed by atoms with Crippen LogP contribution in [0.15, 0.2) is 23.0 Å². The monoisotopic (exact) mass is 209 g/mol. The SMILES string of the molecule is CCCNC(CCC(C)C)c1ccoc1. The van der Waals surface area contributed by atoms with Crippen LogP contribution >= 0.6 is 0 Å². The van der Waals surface area contributed by atoms with Gasteiger partial charge in [-0.15, -0.1) is 0 Å². The van der Waals surface area contributed by atoms with Crippen molar-refractivity contribution in [2.45, 2.75) is 46.1 Å². The standard InChI is InChI=1S/C13H23NO/c1-4-8-14-13(6-5-11(2)3)12-7-9-15-10-12/h7,9-11,13-14H,4-6,8H2,1-3H3. The molecule has 0 saturated carbocycles. The van der Waals surface area contributed by atoms with Crippen molar-refractivity contribution in [1.29, 1.82) is 0 Å². The van der Waals surface area contributed by atoms with Crippen molar-refractivity contribution in [1.82, 2.24) is 5.32 Å². The lowest BCUT2D eigenvalue weighted by atomic mass is 9.99. The van der Waals surface area contributed by atoms with Gasteiger partial charge in [-0.1, -0.05) is 20.8 Å². The van der Waals surface area contributed by atoms with E-state index in [4.69, 9.17) is 4.42 Å². The Morgan fingerprint density at radius 2 is 2.13 bits per heavy atom. The topological polar surface area (TPSA) is 25.2 Å². The molecule has 1 unspecified atom stereocenters. The normalized spacial score (nSPS) is 13.3. The Morgan fingerprint density at radius 1 is 1.33 bits per heavy atom. The van der Waals surface area contributed by atoms with E-state index in [0.717, 1.165) is 12.5 Å². The van der Waals surface area contributed by atoms with E-state index in [-0.39, 0.29) is 0 Å². The van der Waals surface area contributed by atoms with Crippen molar-refractivity contribution in [3.05, 3.63) is 24.2 Å². The second-order valence-corrected chi connectivity index (χ2v) is 4.53. The largest absolute Gasteiger partial charge is 0.472 e. The third-order valence-electron chi connectivity index (χ3n) is 2.62. The van der Waals surface area contributed by atoms with Gasteiger partial charge in [0.25, 0.3) is 0 Å². The van der Waals surface area contributed by atoms with Crippen LogP contribution in [-0.2, 0) is 0 Å². The molecule has 0 aromatic carbocycles. The van der Waals surface area contributed by atoms with Crippen LogP contribution in [0.2, 0.25) is 0 Å². The number of nitrogens with one attached hydrogen (secondary N) is 1. The number of hydrogen-bond donors (Lipinski definition) is 1. The van der Waals surface area contributed by atoms with E-state index in [1.807, 2.05) is 6.26 Å². The lowest BCUT2D eigenvalue weighted by Gasteiger charge is -2.18. The summed E-state index contributed by atoms with van der Waals surface area (Å²) < 4.78 is 5.14. The zero-order chi connectivity index (χ0) is 11.1. The predicted octanol–water partition coefficient (Wildman–Crippen LogP) is 3.76. The van der Waals surface area contributed by atoms with Gasteiger partial charge in [0.1, 0.15) is 0 Å². The maximum Gasteiger partial charge on any atom is 0.0950 e. The fourth-order valence-corrected chi connectivity index (χ4v) is 1.68. The van der Waals surface area contributed by atoms with E-state index in [1.165, 1.54) is 24.8 Å². The summed E-state index contributed by atoms with van der Waals surface area (Å²) in [6, 6.07) is 2.53. The van der Waals surface area contributed by atoms with Crippen molar-refractivity contribution in [3.8, 4) is 0 Å². The summed E-state index contributed by atoms with van der Waals surface area (Å²) in [5, 5.41) is 3.57. The zero-order valence-electron chi connectivity index (χ0n) is 10.1. The molecule has 1 heterocycles. The first-order valence-corrected chi connectivity index (χ1v) is 5.99. The van der Waals surface area contributed by atoms with Gasteiger partial charge in [0.2, 0.25) is 0 Å². The van der Waals surface area contributed by atoms with E-state index in [9.17, 15) is 0 Å². The Kier molecular flexibility index (Phi) is 5.48. The molecule has 1 atom stereocenters. The number of hydrogen-bond acceptors (Lipinski definition) is 2. The van der Waals surface area contributed by atoms with Crippen LogP contribution in [0.25, 0.3) is 0 Å².